The third-order valence-corrected chi connectivity index (χ3v) is 3.69. The van der Waals surface area contributed by atoms with Crippen LogP contribution < -0.4 is 4.74 Å². The largest absolute Gasteiger partial charge is 0.490 e. The molecule has 0 spiro atoms. The van der Waals surface area contributed by atoms with Gasteiger partial charge in [-0.3, -0.25) is 4.79 Å². The van der Waals surface area contributed by atoms with E-state index in [9.17, 15) is 9.90 Å². The SMILES string of the molecule is Cc1ccc(OC[C@]2(O)COCCN(C(=O)CN(C)C)C2)cc1. The molecule has 0 saturated carbocycles. The highest BCUT2D eigenvalue weighted by Crippen LogP contribution is 2.17. The molecule has 1 fully saturated rings. The summed E-state index contributed by atoms with van der Waals surface area (Å²) in [6.07, 6.45) is 0. The molecule has 0 unspecified atom stereocenters. The number of aliphatic hydroxyl groups is 1. The zero-order chi connectivity index (χ0) is 16.9. The van der Waals surface area contributed by atoms with Crippen LogP contribution in [0.5, 0.6) is 5.75 Å². The molecule has 0 aliphatic carbocycles. The van der Waals surface area contributed by atoms with Crippen molar-refractivity contribution < 1.29 is 19.4 Å². The summed E-state index contributed by atoms with van der Waals surface area (Å²) in [5.41, 5.74) is -0.0575. The number of hydrogen-bond acceptors (Lipinski definition) is 5. The van der Waals surface area contributed by atoms with Crippen LogP contribution >= 0.6 is 0 Å². The molecule has 0 bridgehead atoms. The highest BCUT2D eigenvalue weighted by molar-refractivity contribution is 5.78. The minimum Gasteiger partial charge on any atom is -0.490 e. The molecule has 128 valence electrons. The van der Waals surface area contributed by atoms with Crippen molar-refractivity contribution in [3.8, 4) is 5.75 Å². The molecular weight excluding hydrogens is 296 g/mol. The van der Waals surface area contributed by atoms with Crippen molar-refractivity contribution in [2.24, 2.45) is 0 Å². The molecule has 0 aromatic heterocycles. The van der Waals surface area contributed by atoms with Gasteiger partial charge in [0.15, 0.2) is 0 Å². The Hall–Kier alpha value is -1.63. The summed E-state index contributed by atoms with van der Waals surface area (Å²) in [6, 6.07) is 7.64. The zero-order valence-corrected chi connectivity index (χ0v) is 14.1. The molecule has 1 amide bonds. The normalized spacial score (nSPS) is 22.0. The maximum absolute atomic E-state index is 12.2. The number of amides is 1. The van der Waals surface area contributed by atoms with Gasteiger partial charge in [0.1, 0.15) is 18.0 Å². The van der Waals surface area contributed by atoms with E-state index in [4.69, 9.17) is 9.47 Å². The van der Waals surface area contributed by atoms with E-state index < -0.39 is 5.60 Å². The molecule has 1 N–H and O–H groups in total. The Kier molecular flexibility index (Phi) is 5.98. The maximum atomic E-state index is 12.2. The number of carbonyl (C=O) groups excluding carboxylic acids is 1. The summed E-state index contributed by atoms with van der Waals surface area (Å²) in [5.74, 6) is 0.675. The summed E-state index contributed by atoms with van der Waals surface area (Å²) < 4.78 is 11.2. The Bertz CT molecular complexity index is 518. The minimum atomic E-state index is -1.21. The summed E-state index contributed by atoms with van der Waals surface area (Å²) in [5, 5.41) is 10.8. The van der Waals surface area contributed by atoms with Crippen LogP contribution in [0.2, 0.25) is 0 Å². The fourth-order valence-electron chi connectivity index (χ4n) is 2.44. The van der Waals surface area contributed by atoms with Gasteiger partial charge in [0.25, 0.3) is 0 Å². The topological polar surface area (TPSA) is 62.2 Å². The lowest BCUT2D eigenvalue weighted by Gasteiger charge is -2.31. The van der Waals surface area contributed by atoms with Crippen LogP contribution in [0.4, 0.5) is 0 Å². The van der Waals surface area contributed by atoms with Crippen LogP contribution in [0.3, 0.4) is 0 Å². The molecule has 1 saturated heterocycles. The number of likely N-dealkylation sites (N-methyl/N-ethyl adjacent to an activating group) is 1. The molecule has 1 aromatic rings. The Morgan fingerprint density at radius 2 is 2.09 bits per heavy atom. The van der Waals surface area contributed by atoms with Crippen molar-refractivity contribution in [1.29, 1.82) is 0 Å². The fourth-order valence-corrected chi connectivity index (χ4v) is 2.44. The van der Waals surface area contributed by atoms with Crippen molar-refractivity contribution in [1.82, 2.24) is 9.80 Å². The number of nitrogens with zero attached hydrogens (tertiary/aromatic N) is 2. The Balaban J connectivity index is 1.97. The van der Waals surface area contributed by atoms with Gasteiger partial charge in [-0.25, -0.2) is 0 Å². The van der Waals surface area contributed by atoms with E-state index in [2.05, 4.69) is 0 Å². The molecule has 6 nitrogen and oxygen atoms in total. The predicted molar refractivity (Wildman–Crippen MR) is 87.6 cm³/mol. The monoisotopic (exact) mass is 322 g/mol. The number of aryl methyl sites for hydroxylation is 1. The highest BCUT2D eigenvalue weighted by atomic mass is 16.5. The molecule has 1 heterocycles. The van der Waals surface area contributed by atoms with Gasteiger partial charge in [0.2, 0.25) is 5.91 Å². The van der Waals surface area contributed by atoms with Crippen LogP contribution in [0.15, 0.2) is 24.3 Å². The van der Waals surface area contributed by atoms with E-state index in [-0.39, 0.29) is 25.7 Å². The van der Waals surface area contributed by atoms with E-state index in [0.29, 0.717) is 25.4 Å². The van der Waals surface area contributed by atoms with Gasteiger partial charge in [-0.2, -0.15) is 0 Å². The lowest BCUT2D eigenvalue weighted by atomic mass is 10.1. The molecular formula is C17H26N2O4. The molecule has 1 aliphatic heterocycles. The van der Waals surface area contributed by atoms with E-state index in [1.54, 1.807) is 4.90 Å². The van der Waals surface area contributed by atoms with Gasteiger partial charge < -0.3 is 24.4 Å². The average molecular weight is 322 g/mol. The van der Waals surface area contributed by atoms with Crippen LogP contribution in [-0.2, 0) is 9.53 Å². The first kappa shape index (κ1) is 17.7. The number of hydrogen-bond donors (Lipinski definition) is 1. The number of benzene rings is 1. The van der Waals surface area contributed by atoms with Crippen molar-refractivity contribution in [3.63, 3.8) is 0 Å². The van der Waals surface area contributed by atoms with E-state index in [1.165, 1.54) is 0 Å². The third kappa shape index (κ3) is 5.49. The zero-order valence-electron chi connectivity index (χ0n) is 14.1. The highest BCUT2D eigenvalue weighted by Gasteiger charge is 2.35. The number of rotatable bonds is 5. The van der Waals surface area contributed by atoms with E-state index in [0.717, 1.165) is 5.56 Å². The van der Waals surface area contributed by atoms with Crippen molar-refractivity contribution in [3.05, 3.63) is 29.8 Å². The van der Waals surface area contributed by atoms with Gasteiger partial charge in [-0.1, -0.05) is 17.7 Å². The number of ether oxygens (including phenoxy) is 2. The summed E-state index contributed by atoms with van der Waals surface area (Å²) in [4.78, 5) is 15.7. The molecule has 6 heteroatoms. The van der Waals surface area contributed by atoms with Crippen LogP contribution in [0.25, 0.3) is 0 Å². The number of carbonyl (C=O) groups is 1. The fraction of sp³-hybridized carbons (Fsp3) is 0.588. The van der Waals surface area contributed by atoms with E-state index in [1.807, 2.05) is 50.2 Å². The summed E-state index contributed by atoms with van der Waals surface area (Å²) in [6.45, 7) is 3.68. The molecule has 1 aromatic carbocycles. The van der Waals surface area contributed by atoms with Gasteiger partial charge in [0.05, 0.1) is 26.3 Å². The first-order chi connectivity index (χ1) is 10.9. The Morgan fingerprint density at radius 1 is 1.39 bits per heavy atom. The van der Waals surface area contributed by atoms with Crippen LogP contribution in [-0.4, -0.2) is 80.0 Å². The van der Waals surface area contributed by atoms with Gasteiger partial charge in [0, 0.05) is 6.54 Å². The third-order valence-electron chi connectivity index (χ3n) is 3.69. The van der Waals surface area contributed by atoms with Gasteiger partial charge in [-0.05, 0) is 33.2 Å². The quantitative estimate of drug-likeness (QED) is 0.857. The lowest BCUT2D eigenvalue weighted by molar-refractivity contribution is -0.135. The van der Waals surface area contributed by atoms with Crippen molar-refractivity contribution >= 4 is 5.91 Å². The summed E-state index contributed by atoms with van der Waals surface area (Å²) in [7, 11) is 3.69. The van der Waals surface area contributed by atoms with Crippen molar-refractivity contribution in [2.45, 2.75) is 12.5 Å². The first-order valence-electron chi connectivity index (χ1n) is 7.80. The first-order valence-corrected chi connectivity index (χ1v) is 7.80. The van der Waals surface area contributed by atoms with Crippen LogP contribution in [0, 0.1) is 6.92 Å². The van der Waals surface area contributed by atoms with Crippen LogP contribution in [0.1, 0.15) is 5.56 Å². The van der Waals surface area contributed by atoms with Gasteiger partial charge >= 0.3 is 0 Å². The summed E-state index contributed by atoms with van der Waals surface area (Å²) >= 11 is 0. The second kappa shape index (κ2) is 7.77. The number of β-amino-alcohol motifs (C(OH)–C–C–N with tert-alkyl or cyclic N) is 1. The second-order valence-electron chi connectivity index (χ2n) is 6.43. The Labute approximate surface area is 137 Å². The smallest absolute Gasteiger partial charge is 0.236 e. The van der Waals surface area contributed by atoms with E-state index >= 15 is 0 Å². The van der Waals surface area contributed by atoms with Crippen molar-refractivity contribution in [2.75, 3.05) is 53.6 Å². The molecule has 1 aliphatic rings. The maximum Gasteiger partial charge on any atom is 0.236 e. The standard InChI is InChI=1S/C17H26N2O4/c1-14-4-6-15(7-5-14)23-13-17(21)11-19(8-9-22-12-17)16(20)10-18(2)3/h4-7,21H,8-13H2,1-3H3/t17-/m1/s1. The second-order valence-corrected chi connectivity index (χ2v) is 6.43. The van der Waals surface area contributed by atoms with Gasteiger partial charge in [-0.15, -0.1) is 0 Å². The average Bonchev–Trinajstić information content (AvgIpc) is 2.69. The predicted octanol–water partition coefficient (Wildman–Crippen LogP) is 0.525. The minimum absolute atomic E-state index is 0.0192. The Morgan fingerprint density at radius 3 is 2.74 bits per heavy atom. The molecule has 2 rings (SSSR count). The molecule has 1 atom stereocenters. The molecule has 0 radical (unpaired) electrons. The molecule has 23 heavy (non-hydrogen) atoms. The lowest BCUT2D eigenvalue weighted by Crippen LogP contribution is -2.51.